The Bertz CT molecular complexity index is 849. The first kappa shape index (κ1) is 19.5. The average Bonchev–Trinajstić information content (AvgIpc) is 2.85. The first-order valence-corrected chi connectivity index (χ1v) is 8.95. The molecule has 7 heteroatoms. The van der Waals surface area contributed by atoms with Crippen LogP contribution in [0.5, 0.6) is 5.75 Å². The molecule has 1 aliphatic rings. The number of benzene rings is 2. The van der Waals surface area contributed by atoms with E-state index in [0.29, 0.717) is 23.8 Å². The predicted molar refractivity (Wildman–Crippen MR) is 97.2 cm³/mol. The molecule has 1 atom stereocenters. The van der Waals surface area contributed by atoms with Gasteiger partial charge >= 0.3 is 6.18 Å². The molecular formula is C20H23F3N2O2. The van der Waals surface area contributed by atoms with E-state index in [1.54, 1.807) is 50.2 Å². The van der Waals surface area contributed by atoms with E-state index in [0.717, 1.165) is 5.01 Å². The van der Waals surface area contributed by atoms with Gasteiger partial charge in [0, 0.05) is 17.5 Å². The first-order valence-electron chi connectivity index (χ1n) is 8.95. The van der Waals surface area contributed by atoms with Crippen LogP contribution >= 0.6 is 0 Å². The molecule has 1 amide bonds. The van der Waals surface area contributed by atoms with Gasteiger partial charge in [0.05, 0.1) is 6.61 Å². The van der Waals surface area contributed by atoms with Crippen molar-refractivity contribution in [1.82, 2.24) is 10.4 Å². The van der Waals surface area contributed by atoms with Gasteiger partial charge in [0.15, 0.2) is 6.04 Å². The van der Waals surface area contributed by atoms with Crippen LogP contribution in [0, 0.1) is 0 Å². The Hall–Kier alpha value is -2.28. The SMILES string of the molecule is CCCOc1ccc2ccccc2c1[C@H](N1NC(=O)CC1(C)C)C(F)(F)F. The quantitative estimate of drug-likeness (QED) is 0.814. The van der Waals surface area contributed by atoms with Crippen LogP contribution in [0.3, 0.4) is 0 Å². The van der Waals surface area contributed by atoms with Crippen molar-refractivity contribution in [1.29, 1.82) is 0 Å². The molecule has 1 N–H and O–H groups in total. The molecule has 0 saturated carbocycles. The molecular weight excluding hydrogens is 357 g/mol. The maximum atomic E-state index is 14.3. The van der Waals surface area contributed by atoms with Crippen molar-refractivity contribution in [2.75, 3.05) is 6.61 Å². The number of nitrogens with one attached hydrogen (secondary N) is 1. The molecule has 27 heavy (non-hydrogen) atoms. The molecule has 0 radical (unpaired) electrons. The number of hydrogen-bond acceptors (Lipinski definition) is 3. The van der Waals surface area contributed by atoms with E-state index in [1.165, 1.54) is 0 Å². The fourth-order valence-electron chi connectivity index (χ4n) is 3.55. The van der Waals surface area contributed by atoms with E-state index in [2.05, 4.69) is 5.43 Å². The van der Waals surface area contributed by atoms with E-state index < -0.39 is 23.7 Å². The third-order valence-corrected chi connectivity index (χ3v) is 4.72. The Kier molecular flexibility index (Phi) is 5.08. The van der Waals surface area contributed by atoms with Crippen LogP contribution in [0.25, 0.3) is 10.8 Å². The van der Waals surface area contributed by atoms with Crippen LogP contribution in [-0.2, 0) is 4.79 Å². The van der Waals surface area contributed by atoms with Crippen molar-refractivity contribution < 1.29 is 22.7 Å². The molecule has 0 spiro atoms. The number of rotatable bonds is 5. The number of halogens is 3. The summed E-state index contributed by atoms with van der Waals surface area (Å²) >= 11 is 0. The Morgan fingerprint density at radius 2 is 1.93 bits per heavy atom. The van der Waals surface area contributed by atoms with Crippen LogP contribution in [-0.4, -0.2) is 29.2 Å². The number of hydrogen-bond donors (Lipinski definition) is 1. The monoisotopic (exact) mass is 380 g/mol. The normalized spacial score (nSPS) is 18.5. The summed E-state index contributed by atoms with van der Waals surface area (Å²) in [4.78, 5) is 11.9. The van der Waals surface area contributed by atoms with Crippen molar-refractivity contribution in [3.8, 4) is 5.75 Å². The summed E-state index contributed by atoms with van der Waals surface area (Å²) in [5.74, 6) is -0.236. The largest absolute Gasteiger partial charge is 0.493 e. The molecule has 1 heterocycles. The van der Waals surface area contributed by atoms with Crippen molar-refractivity contribution in [2.24, 2.45) is 0 Å². The number of nitrogens with zero attached hydrogens (tertiary/aromatic N) is 1. The zero-order valence-electron chi connectivity index (χ0n) is 15.6. The molecule has 1 fully saturated rings. The van der Waals surface area contributed by atoms with Gasteiger partial charge in [-0.25, -0.2) is 0 Å². The highest BCUT2D eigenvalue weighted by molar-refractivity contribution is 5.88. The number of alkyl halides is 3. The molecule has 146 valence electrons. The highest BCUT2D eigenvalue weighted by Gasteiger charge is 2.54. The minimum absolute atomic E-state index is 0.00447. The molecule has 3 rings (SSSR count). The summed E-state index contributed by atoms with van der Waals surface area (Å²) in [6.07, 6.45) is -3.94. The fourth-order valence-corrected chi connectivity index (χ4v) is 3.55. The lowest BCUT2D eigenvalue weighted by Gasteiger charge is -2.38. The summed E-state index contributed by atoms with van der Waals surface area (Å²) < 4.78 is 48.6. The van der Waals surface area contributed by atoms with E-state index in [4.69, 9.17) is 4.74 Å². The van der Waals surface area contributed by atoms with Crippen molar-refractivity contribution >= 4 is 16.7 Å². The molecule has 1 aliphatic heterocycles. The molecule has 2 aromatic carbocycles. The Morgan fingerprint density at radius 3 is 2.52 bits per heavy atom. The van der Waals surface area contributed by atoms with E-state index in [9.17, 15) is 18.0 Å². The highest BCUT2D eigenvalue weighted by Crippen LogP contribution is 2.47. The smallest absolute Gasteiger partial charge is 0.410 e. The lowest BCUT2D eigenvalue weighted by atomic mass is 9.93. The van der Waals surface area contributed by atoms with Crippen LogP contribution in [0.4, 0.5) is 13.2 Å². The standard InChI is InChI=1S/C20H23F3N2O2/c1-4-11-27-15-10-9-13-7-5-6-8-14(13)17(15)18(20(21,22)23)25-19(2,3)12-16(26)24-25/h5-10,18H,4,11-12H2,1-3H3,(H,24,26)/t18-/m0/s1. The lowest BCUT2D eigenvalue weighted by molar-refractivity contribution is -0.203. The number of carbonyl (C=O) groups is 1. The predicted octanol–water partition coefficient (Wildman–Crippen LogP) is 4.75. The maximum Gasteiger partial charge on any atom is 0.410 e. The van der Waals surface area contributed by atoms with Gasteiger partial charge in [-0.15, -0.1) is 0 Å². The molecule has 1 saturated heterocycles. The Labute approximate surface area is 156 Å². The zero-order valence-corrected chi connectivity index (χ0v) is 15.6. The minimum Gasteiger partial charge on any atom is -0.493 e. The van der Waals surface area contributed by atoms with E-state index in [-0.39, 0.29) is 17.7 Å². The topological polar surface area (TPSA) is 41.6 Å². The van der Waals surface area contributed by atoms with E-state index >= 15 is 0 Å². The Balaban J connectivity index is 2.25. The summed E-state index contributed by atoms with van der Waals surface area (Å²) in [6.45, 7) is 5.46. The lowest BCUT2D eigenvalue weighted by Crippen LogP contribution is -2.51. The van der Waals surface area contributed by atoms with Crippen molar-refractivity contribution in [3.05, 3.63) is 42.0 Å². The fraction of sp³-hybridized carbons (Fsp3) is 0.450. The second kappa shape index (κ2) is 7.03. The number of hydrazine groups is 1. The molecule has 0 aromatic heterocycles. The molecule has 2 aromatic rings. The maximum absolute atomic E-state index is 14.3. The first-order chi connectivity index (χ1) is 12.6. The highest BCUT2D eigenvalue weighted by atomic mass is 19.4. The van der Waals surface area contributed by atoms with Gasteiger partial charge in [-0.1, -0.05) is 37.3 Å². The third-order valence-electron chi connectivity index (χ3n) is 4.72. The van der Waals surface area contributed by atoms with Crippen LogP contribution in [0.1, 0.15) is 45.2 Å². The molecule has 0 aliphatic carbocycles. The van der Waals surface area contributed by atoms with Gasteiger partial charge in [-0.2, -0.15) is 18.2 Å². The second-order valence-corrected chi connectivity index (χ2v) is 7.39. The second-order valence-electron chi connectivity index (χ2n) is 7.39. The minimum atomic E-state index is -4.61. The summed E-state index contributed by atoms with van der Waals surface area (Å²) in [6, 6.07) is 8.23. The van der Waals surface area contributed by atoms with Crippen molar-refractivity contribution in [2.45, 2.75) is 51.4 Å². The van der Waals surface area contributed by atoms with Gasteiger partial charge < -0.3 is 4.74 Å². The van der Waals surface area contributed by atoms with Crippen LogP contribution in [0.2, 0.25) is 0 Å². The zero-order chi connectivity index (χ0) is 19.8. The number of ether oxygens (including phenoxy) is 1. The van der Waals surface area contributed by atoms with Crippen molar-refractivity contribution in [3.63, 3.8) is 0 Å². The van der Waals surface area contributed by atoms with Gasteiger partial charge in [-0.3, -0.25) is 10.2 Å². The molecule has 4 nitrogen and oxygen atoms in total. The van der Waals surface area contributed by atoms with Crippen LogP contribution in [0.15, 0.2) is 36.4 Å². The van der Waals surface area contributed by atoms with Gasteiger partial charge in [0.2, 0.25) is 5.91 Å². The number of fused-ring (bicyclic) bond motifs is 1. The number of amides is 1. The molecule has 0 bridgehead atoms. The van der Waals surface area contributed by atoms with Crippen LogP contribution < -0.4 is 10.2 Å². The summed E-state index contributed by atoms with van der Waals surface area (Å²) in [5.41, 5.74) is 1.46. The number of carbonyl (C=O) groups excluding carboxylic acids is 1. The average molecular weight is 380 g/mol. The summed E-state index contributed by atoms with van der Waals surface area (Å²) in [5, 5.41) is 2.18. The molecule has 0 unspecified atom stereocenters. The van der Waals surface area contributed by atoms with Gasteiger partial charge in [-0.05, 0) is 37.1 Å². The van der Waals surface area contributed by atoms with Gasteiger partial charge in [0.1, 0.15) is 5.75 Å². The van der Waals surface area contributed by atoms with Gasteiger partial charge in [0.25, 0.3) is 0 Å². The Morgan fingerprint density at radius 1 is 1.22 bits per heavy atom. The van der Waals surface area contributed by atoms with E-state index in [1.807, 2.05) is 6.92 Å². The third kappa shape index (κ3) is 3.74. The summed E-state index contributed by atoms with van der Waals surface area (Å²) in [7, 11) is 0.